The van der Waals surface area contributed by atoms with Crippen LogP contribution in [0.5, 0.6) is 0 Å². The highest BCUT2D eigenvalue weighted by molar-refractivity contribution is 7.16. The highest BCUT2D eigenvalue weighted by atomic mass is 35.5. The van der Waals surface area contributed by atoms with Crippen LogP contribution in [0, 0.1) is 5.92 Å². The Morgan fingerprint density at radius 1 is 1.50 bits per heavy atom. The fraction of sp³-hybridized carbons (Fsp3) is 0.636. The van der Waals surface area contributed by atoms with Crippen molar-refractivity contribution >= 4 is 22.9 Å². The summed E-state index contributed by atoms with van der Waals surface area (Å²) in [6.45, 7) is 0. The highest BCUT2D eigenvalue weighted by Gasteiger charge is 2.26. The first-order valence-corrected chi connectivity index (χ1v) is 6.40. The van der Waals surface area contributed by atoms with Crippen molar-refractivity contribution in [1.29, 1.82) is 0 Å². The Bertz CT molecular complexity index is 297. The van der Waals surface area contributed by atoms with Crippen LogP contribution in [0.2, 0.25) is 4.34 Å². The maximum absolute atomic E-state index is 5.92. The Labute approximate surface area is 94.5 Å². The van der Waals surface area contributed by atoms with Crippen LogP contribution in [0.25, 0.3) is 0 Å². The third-order valence-electron chi connectivity index (χ3n) is 3.12. The van der Waals surface area contributed by atoms with E-state index in [2.05, 4.69) is 18.4 Å². The van der Waals surface area contributed by atoms with E-state index >= 15 is 0 Å². The molecule has 1 fully saturated rings. The van der Waals surface area contributed by atoms with E-state index < -0.39 is 0 Å². The molecule has 1 aliphatic carbocycles. The average Bonchev–Trinajstić information content (AvgIpc) is 2.76. The third kappa shape index (κ3) is 2.30. The van der Waals surface area contributed by atoms with Gasteiger partial charge in [-0.15, -0.1) is 11.3 Å². The summed E-state index contributed by atoms with van der Waals surface area (Å²) in [5, 5.41) is 3.41. The molecule has 1 aromatic rings. The van der Waals surface area contributed by atoms with Crippen molar-refractivity contribution in [1.82, 2.24) is 5.32 Å². The molecule has 1 saturated carbocycles. The number of nitrogens with one attached hydrogen (secondary N) is 1. The smallest absolute Gasteiger partial charge is 0.0931 e. The average molecular weight is 230 g/mol. The van der Waals surface area contributed by atoms with Crippen LogP contribution < -0.4 is 5.32 Å². The molecule has 1 aliphatic rings. The molecule has 0 radical (unpaired) electrons. The van der Waals surface area contributed by atoms with E-state index in [4.69, 9.17) is 11.6 Å². The van der Waals surface area contributed by atoms with Crippen LogP contribution in [0.15, 0.2) is 12.1 Å². The maximum atomic E-state index is 5.92. The van der Waals surface area contributed by atoms with Gasteiger partial charge < -0.3 is 5.32 Å². The standard InChI is InChI=1S/C11H16ClNS/c1-13-10-4-2-3-8(10)7-9-5-6-11(12)14-9/h5-6,8,10,13H,2-4,7H2,1H3. The predicted molar refractivity (Wildman–Crippen MR) is 63.2 cm³/mol. The van der Waals surface area contributed by atoms with Gasteiger partial charge in [0.2, 0.25) is 0 Å². The predicted octanol–water partition coefficient (Wildman–Crippen LogP) is 3.33. The summed E-state index contributed by atoms with van der Waals surface area (Å²) in [6.07, 6.45) is 5.26. The summed E-state index contributed by atoms with van der Waals surface area (Å²) >= 11 is 7.64. The normalized spacial score (nSPS) is 27.0. The minimum atomic E-state index is 0.718. The molecule has 78 valence electrons. The van der Waals surface area contributed by atoms with Crippen molar-refractivity contribution in [2.45, 2.75) is 31.7 Å². The number of rotatable bonds is 3. The van der Waals surface area contributed by atoms with Gasteiger partial charge in [0, 0.05) is 10.9 Å². The van der Waals surface area contributed by atoms with Gasteiger partial charge in [0.1, 0.15) is 0 Å². The van der Waals surface area contributed by atoms with Gasteiger partial charge in [-0.1, -0.05) is 18.0 Å². The van der Waals surface area contributed by atoms with Crippen LogP contribution in [0.1, 0.15) is 24.1 Å². The minimum absolute atomic E-state index is 0.718. The van der Waals surface area contributed by atoms with Crippen LogP contribution in [-0.4, -0.2) is 13.1 Å². The van der Waals surface area contributed by atoms with E-state index in [0.29, 0.717) is 0 Å². The number of halogens is 1. The van der Waals surface area contributed by atoms with Crippen LogP contribution in [0.3, 0.4) is 0 Å². The van der Waals surface area contributed by atoms with Crippen molar-refractivity contribution in [3.05, 3.63) is 21.3 Å². The monoisotopic (exact) mass is 229 g/mol. The summed E-state index contributed by atoms with van der Waals surface area (Å²) < 4.78 is 0.916. The number of thiophene rings is 1. The van der Waals surface area contributed by atoms with Crippen molar-refractivity contribution < 1.29 is 0 Å². The Balaban J connectivity index is 1.96. The number of hydrogen-bond donors (Lipinski definition) is 1. The van der Waals surface area contributed by atoms with Gasteiger partial charge in [-0.25, -0.2) is 0 Å². The molecule has 0 aliphatic heterocycles. The zero-order valence-electron chi connectivity index (χ0n) is 8.42. The second kappa shape index (κ2) is 4.65. The van der Waals surface area contributed by atoms with Gasteiger partial charge in [0.25, 0.3) is 0 Å². The van der Waals surface area contributed by atoms with Gasteiger partial charge in [-0.05, 0) is 44.4 Å². The van der Waals surface area contributed by atoms with E-state index in [1.807, 2.05) is 6.07 Å². The lowest BCUT2D eigenvalue weighted by Crippen LogP contribution is -2.29. The second-order valence-electron chi connectivity index (χ2n) is 4.00. The number of hydrogen-bond acceptors (Lipinski definition) is 2. The summed E-state index contributed by atoms with van der Waals surface area (Å²) in [4.78, 5) is 1.43. The molecule has 0 aromatic carbocycles. The first kappa shape index (κ1) is 10.5. The molecule has 1 heterocycles. The Morgan fingerprint density at radius 2 is 2.36 bits per heavy atom. The fourth-order valence-corrected chi connectivity index (χ4v) is 3.56. The van der Waals surface area contributed by atoms with Crippen molar-refractivity contribution in [2.75, 3.05) is 7.05 Å². The molecule has 0 spiro atoms. The molecular formula is C11H16ClNS. The summed E-state index contributed by atoms with van der Waals surface area (Å²) in [6, 6.07) is 4.89. The molecule has 1 nitrogen and oxygen atoms in total. The van der Waals surface area contributed by atoms with E-state index in [-0.39, 0.29) is 0 Å². The lowest BCUT2D eigenvalue weighted by atomic mass is 9.99. The first-order valence-electron chi connectivity index (χ1n) is 5.21. The molecular weight excluding hydrogens is 214 g/mol. The molecule has 0 amide bonds. The topological polar surface area (TPSA) is 12.0 Å². The highest BCUT2D eigenvalue weighted by Crippen LogP contribution is 2.31. The molecule has 0 bridgehead atoms. The molecule has 3 heteroatoms. The fourth-order valence-electron chi connectivity index (χ4n) is 2.38. The summed E-state index contributed by atoms with van der Waals surface area (Å²) in [7, 11) is 2.07. The van der Waals surface area contributed by atoms with E-state index in [1.54, 1.807) is 11.3 Å². The van der Waals surface area contributed by atoms with Crippen LogP contribution in [-0.2, 0) is 6.42 Å². The Morgan fingerprint density at radius 3 is 3.00 bits per heavy atom. The lowest BCUT2D eigenvalue weighted by molar-refractivity contribution is 0.426. The first-order chi connectivity index (χ1) is 6.79. The molecule has 14 heavy (non-hydrogen) atoms. The van der Waals surface area contributed by atoms with Crippen LogP contribution >= 0.6 is 22.9 Å². The maximum Gasteiger partial charge on any atom is 0.0931 e. The van der Waals surface area contributed by atoms with Crippen LogP contribution in [0.4, 0.5) is 0 Å². The largest absolute Gasteiger partial charge is 0.317 e. The molecule has 1 N–H and O–H groups in total. The third-order valence-corrected chi connectivity index (χ3v) is 4.38. The SMILES string of the molecule is CNC1CCCC1Cc1ccc(Cl)s1. The zero-order valence-corrected chi connectivity index (χ0v) is 10.00. The van der Waals surface area contributed by atoms with Gasteiger partial charge >= 0.3 is 0 Å². The molecule has 2 unspecified atom stereocenters. The lowest BCUT2D eigenvalue weighted by Gasteiger charge is -2.17. The van der Waals surface area contributed by atoms with Gasteiger partial charge in [0.05, 0.1) is 4.34 Å². The molecule has 1 aromatic heterocycles. The van der Waals surface area contributed by atoms with Crippen molar-refractivity contribution in [3.63, 3.8) is 0 Å². The van der Waals surface area contributed by atoms with Crippen molar-refractivity contribution in [2.24, 2.45) is 5.92 Å². The van der Waals surface area contributed by atoms with Gasteiger partial charge in [-0.2, -0.15) is 0 Å². The van der Waals surface area contributed by atoms with E-state index in [0.717, 1.165) is 16.3 Å². The summed E-state index contributed by atoms with van der Waals surface area (Å²) in [5.74, 6) is 0.815. The molecule has 2 rings (SSSR count). The minimum Gasteiger partial charge on any atom is -0.317 e. The Hall–Kier alpha value is -0.0500. The van der Waals surface area contributed by atoms with Gasteiger partial charge in [0.15, 0.2) is 0 Å². The quantitative estimate of drug-likeness (QED) is 0.839. The molecule has 2 atom stereocenters. The van der Waals surface area contributed by atoms with Crippen molar-refractivity contribution in [3.8, 4) is 0 Å². The Kier molecular flexibility index (Phi) is 3.47. The van der Waals surface area contributed by atoms with Gasteiger partial charge in [-0.3, -0.25) is 0 Å². The van der Waals surface area contributed by atoms with E-state index in [9.17, 15) is 0 Å². The summed E-state index contributed by atoms with van der Waals surface area (Å²) in [5.41, 5.74) is 0. The van der Waals surface area contributed by atoms with E-state index in [1.165, 1.54) is 30.6 Å². The zero-order chi connectivity index (χ0) is 9.97. The molecule has 0 saturated heterocycles. The second-order valence-corrected chi connectivity index (χ2v) is 5.80.